The van der Waals surface area contributed by atoms with E-state index in [1.54, 1.807) is 23.7 Å². The maximum atomic E-state index is 6.13. The second kappa shape index (κ2) is 6.64. The Balaban J connectivity index is 1.69. The molecular formula is C19H18N4OS. The van der Waals surface area contributed by atoms with E-state index in [4.69, 9.17) is 10.5 Å². The Kier molecular flexibility index (Phi) is 4.19. The number of hydrogen-bond acceptors (Lipinski definition) is 6. The molecule has 0 spiro atoms. The summed E-state index contributed by atoms with van der Waals surface area (Å²) in [6, 6.07) is 9.82. The van der Waals surface area contributed by atoms with Gasteiger partial charge in [0.15, 0.2) is 5.82 Å². The van der Waals surface area contributed by atoms with Gasteiger partial charge in [-0.3, -0.25) is 4.98 Å². The van der Waals surface area contributed by atoms with Crippen LogP contribution in [0, 0.1) is 0 Å². The van der Waals surface area contributed by atoms with Crippen molar-refractivity contribution in [2.45, 2.75) is 26.4 Å². The summed E-state index contributed by atoms with van der Waals surface area (Å²) in [4.78, 5) is 13.3. The summed E-state index contributed by atoms with van der Waals surface area (Å²) in [6.45, 7) is 2.62. The lowest BCUT2D eigenvalue weighted by Gasteiger charge is -2.07. The summed E-state index contributed by atoms with van der Waals surface area (Å²) in [5, 5.41) is 2.17. The fourth-order valence-corrected chi connectivity index (χ4v) is 3.97. The van der Waals surface area contributed by atoms with Gasteiger partial charge in [0, 0.05) is 29.4 Å². The van der Waals surface area contributed by atoms with Crippen molar-refractivity contribution in [3.63, 3.8) is 0 Å². The first-order valence-electron chi connectivity index (χ1n) is 8.25. The number of aromatic nitrogens is 3. The molecule has 0 bridgehead atoms. The second-order valence-corrected chi connectivity index (χ2v) is 6.94. The average Bonchev–Trinajstić information content (AvgIpc) is 3.06. The molecular weight excluding hydrogens is 332 g/mol. The van der Waals surface area contributed by atoms with Gasteiger partial charge in [-0.1, -0.05) is 13.0 Å². The minimum Gasteiger partial charge on any atom is -0.489 e. The van der Waals surface area contributed by atoms with Crippen molar-refractivity contribution in [1.29, 1.82) is 0 Å². The minimum atomic E-state index is 0.471. The first kappa shape index (κ1) is 15.8. The van der Waals surface area contributed by atoms with Crippen LogP contribution in [-0.2, 0) is 13.0 Å². The Morgan fingerprint density at radius 1 is 1.20 bits per heavy atom. The summed E-state index contributed by atoms with van der Waals surface area (Å²) >= 11 is 1.70. The molecule has 4 aromatic rings. The largest absolute Gasteiger partial charge is 0.489 e. The monoisotopic (exact) mass is 350 g/mol. The Hall–Kier alpha value is -2.73. The average molecular weight is 350 g/mol. The molecule has 1 aromatic carbocycles. The van der Waals surface area contributed by atoms with E-state index in [1.807, 2.05) is 30.3 Å². The van der Waals surface area contributed by atoms with Crippen molar-refractivity contribution in [1.82, 2.24) is 15.0 Å². The number of ether oxygens (including phenoxy) is 1. The van der Waals surface area contributed by atoms with Gasteiger partial charge >= 0.3 is 0 Å². The maximum Gasteiger partial charge on any atom is 0.151 e. The highest BCUT2D eigenvalue weighted by Crippen LogP contribution is 2.34. The Bertz CT molecular complexity index is 1030. The predicted octanol–water partition coefficient (Wildman–Crippen LogP) is 4.35. The Morgan fingerprint density at radius 3 is 2.92 bits per heavy atom. The van der Waals surface area contributed by atoms with Crippen LogP contribution < -0.4 is 10.5 Å². The zero-order chi connectivity index (χ0) is 17.2. The molecule has 0 aliphatic rings. The van der Waals surface area contributed by atoms with Crippen LogP contribution in [0.1, 0.15) is 23.9 Å². The number of nitrogens with two attached hydrogens (primary N) is 1. The molecule has 5 nitrogen and oxygen atoms in total. The second-order valence-electron chi connectivity index (χ2n) is 5.86. The molecule has 2 N–H and O–H groups in total. The number of benzene rings is 1. The van der Waals surface area contributed by atoms with E-state index in [1.165, 1.54) is 0 Å². The van der Waals surface area contributed by atoms with Crippen LogP contribution in [0.15, 0.2) is 42.7 Å². The summed E-state index contributed by atoms with van der Waals surface area (Å²) in [7, 11) is 0. The number of aryl methyl sites for hydroxylation is 1. The van der Waals surface area contributed by atoms with Crippen molar-refractivity contribution in [3.8, 4) is 5.75 Å². The number of hydrogen-bond donors (Lipinski definition) is 1. The maximum absolute atomic E-state index is 6.13. The number of pyridine rings is 2. The molecule has 6 heteroatoms. The van der Waals surface area contributed by atoms with Gasteiger partial charge in [0.25, 0.3) is 0 Å². The van der Waals surface area contributed by atoms with Crippen LogP contribution in [0.5, 0.6) is 5.75 Å². The van der Waals surface area contributed by atoms with E-state index in [0.717, 1.165) is 50.3 Å². The molecule has 3 aromatic heterocycles. The standard InChI is InChI=1S/C19H18N4OS/c1-2-4-16-23-17-18(25-16)14-7-6-13(9-15(14)22-19(17)20)24-11-12-5-3-8-21-10-12/h3,5-10H,2,4,11H2,1H3,(H2,20,22). The molecule has 0 atom stereocenters. The number of anilines is 1. The summed E-state index contributed by atoms with van der Waals surface area (Å²) in [6.07, 6.45) is 5.58. The van der Waals surface area contributed by atoms with Gasteiger partial charge in [-0.15, -0.1) is 11.3 Å². The van der Waals surface area contributed by atoms with Gasteiger partial charge in [-0.2, -0.15) is 0 Å². The molecule has 0 unspecified atom stereocenters. The van der Waals surface area contributed by atoms with Crippen molar-refractivity contribution >= 4 is 38.3 Å². The van der Waals surface area contributed by atoms with Crippen LogP contribution in [0.3, 0.4) is 0 Å². The van der Waals surface area contributed by atoms with E-state index in [-0.39, 0.29) is 0 Å². The first-order chi connectivity index (χ1) is 12.2. The van der Waals surface area contributed by atoms with Crippen molar-refractivity contribution in [3.05, 3.63) is 53.3 Å². The Labute approximate surface area is 149 Å². The number of rotatable bonds is 5. The fourth-order valence-electron chi connectivity index (χ4n) is 2.76. The van der Waals surface area contributed by atoms with Crippen LogP contribution in [-0.4, -0.2) is 15.0 Å². The van der Waals surface area contributed by atoms with Crippen LogP contribution in [0.25, 0.3) is 21.1 Å². The third-order valence-corrected chi connectivity index (χ3v) is 5.11. The Morgan fingerprint density at radius 2 is 2.12 bits per heavy atom. The lowest BCUT2D eigenvalue weighted by atomic mass is 10.2. The highest BCUT2D eigenvalue weighted by atomic mass is 32.1. The number of thiazole rings is 1. The van der Waals surface area contributed by atoms with Gasteiger partial charge < -0.3 is 10.5 Å². The summed E-state index contributed by atoms with van der Waals surface area (Å²) < 4.78 is 6.96. The zero-order valence-electron chi connectivity index (χ0n) is 13.9. The third kappa shape index (κ3) is 3.13. The predicted molar refractivity (Wildman–Crippen MR) is 102 cm³/mol. The fraction of sp³-hybridized carbons (Fsp3) is 0.211. The van der Waals surface area contributed by atoms with Gasteiger partial charge in [-0.25, -0.2) is 9.97 Å². The normalized spacial score (nSPS) is 11.2. The first-order valence-corrected chi connectivity index (χ1v) is 9.06. The number of nitrogens with zero attached hydrogens (tertiary/aromatic N) is 3. The molecule has 4 rings (SSSR count). The van der Waals surface area contributed by atoms with E-state index in [0.29, 0.717) is 12.4 Å². The van der Waals surface area contributed by atoms with Gasteiger partial charge in [0.05, 0.1) is 15.2 Å². The molecule has 0 aliphatic heterocycles. The smallest absolute Gasteiger partial charge is 0.151 e. The topological polar surface area (TPSA) is 73.9 Å². The van der Waals surface area contributed by atoms with Crippen LogP contribution >= 0.6 is 11.3 Å². The lowest BCUT2D eigenvalue weighted by molar-refractivity contribution is 0.306. The van der Waals surface area contributed by atoms with Crippen molar-refractivity contribution < 1.29 is 4.74 Å². The van der Waals surface area contributed by atoms with Crippen molar-refractivity contribution in [2.24, 2.45) is 0 Å². The highest BCUT2D eigenvalue weighted by molar-refractivity contribution is 7.19. The molecule has 0 saturated carbocycles. The van der Waals surface area contributed by atoms with Crippen LogP contribution in [0.2, 0.25) is 0 Å². The molecule has 126 valence electrons. The van der Waals surface area contributed by atoms with Gasteiger partial charge in [-0.05, 0) is 31.0 Å². The number of nitrogen functional groups attached to an aromatic ring is 1. The summed E-state index contributed by atoms with van der Waals surface area (Å²) in [5.74, 6) is 1.24. The molecule has 3 heterocycles. The molecule has 0 saturated heterocycles. The molecule has 0 aliphatic carbocycles. The van der Waals surface area contributed by atoms with E-state index < -0.39 is 0 Å². The lowest BCUT2D eigenvalue weighted by Crippen LogP contribution is -1.97. The van der Waals surface area contributed by atoms with Crippen molar-refractivity contribution in [2.75, 3.05) is 5.73 Å². The highest BCUT2D eigenvalue weighted by Gasteiger charge is 2.12. The molecule has 0 radical (unpaired) electrons. The van der Waals surface area contributed by atoms with E-state index >= 15 is 0 Å². The van der Waals surface area contributed by atoms with E-state index in [9.17, 15) is 0 Å². The van der Waals surface area contributed by atoms with Crippen LogP contribution in [0.4, 0.5) is 5.82 Å². The number of fused-ring (bicyclic) bond motifs is 3. The SMILES string of the molecule is CCCc1nc2c(N)nc3cc(OCc4cccnc4)ccc3c2s1. The van der Waals surface area contributed by atoms with Gasteiger partial charge in [0.2, 0.25) is 0 Å². The van der Waals surface area contributed by atoms with E-state index in [2.05, 4.69) is 21.9 Å². The zero-order valence-corrected chi connectivity index (χ0v) is 14.7. The minimum absolute atomic E-state index is 0.471. The third-order valence-electron chi connectivity index (χ3n) is 3.96. The van der Waals surface area contributed by atoms with Gasteiger partial charge in [0.1, 0.15) is 17.9 Å². The summed E-state index contributed by atoms with van der Waals surface area (Å²) in [5.41, 5.74) is 8.80. The molecule has 0 fully saturated rings. The molecule has 0 amide bonds. The molecule has 25 heavy (non-hydrogen) atoms. The quantitative estimate of drug-likeness (QED) is 0.579.